The number of hydrogen-bond acceptors (Lipinski definition) is 3. The molecule has 0 bridgehead atoms. The van der Waals surface area contributed by atoms with Crippen molar-refractivity contribution < 1.29 is 18.7 Å². The maximum absolute atomic E-state index is 13.3. The molecule has 1 fully saturated rings. The van der Waals surface area contributed by atoms with Crippen LogP contribution in [0.4, 0.5) is 4.39 Å². The Kier molecular flexibility index (Phi) is 5.74. The molecule has 0 spiro atoms. The van der Waals surface area contributed by atoms with Gasteiger partial charge in [0.05, 0.1) is 18.8 Å². The summed E-state index contributed by atoms with van der Waals surface area (Å²) in [5.41, 5.74) is 0.250. The number of ether oxygens (including phenoxy) is 2. The van der Waals surface area contributed by atoms with Crippen LogP contribution < -0.4 is 4.74 Å². The predicted octanol–water partition coefficient (Wildman–Crippen LogP) is 4.00. The third kappa shape index (κ3) is 4.27. The van der Waals surface area contributed by atoms with Crippen LogP contribution in [0.15, 0.2) is 18.2 Å². The maximum Gasteiger partial charge on any atom is 0.192 e. The second-order valence-electron chi connectivity index (χ2n) is 5.64. The zero-order valence-electron chi connectivity index (χ0n) is 12.7. The van der Waals surface area contributed by atoms with Crippen molar-refractivity contribution in [3.63, 3.8) is 0 Å². The average Bonchev–Trinajstić information content (AvgIpc) is 2.52. The summed E-state index contributed by atoms with van der Waals surface area (Å²) in [6.45, 7) is 2.18. The molecule has 0 saturated heterocycles. The fourth-order valence-electron chi connectivity index (χ4n) is 2.93. The molecule has 0 heterocycles. The predicted molar refractivity (Wildman–Crippen MR) is 79.3 cm³/mol. The highest BCUT2D eigenvalue weighted by molar-refractivity contribution is 5.99. The lowest BCUT2D eigenvalue weighted by atomic mass is 9.85. The smallest absolute Gasteiger partial charge is 0.192 e. The molecule has 0 N–H and O–H groups in total. The third-order valence-corrected chi connectivity index (χ3v) is 4.22. The topological polar surface area (TPSA) is 35.5 Å². The first-order valence-corrected chi connectivity index (χ1v) is 7.62. The van der Waals surface area contributed by atoms with Gasteiger partial charge < -0.3 is 9.47 Å². The van der Waals surface area contributed by atoms with Gasteiger partial charge in [0.1, 0.15) is 18.2 Å². The molecule has 21 heavy (non-hydrogen) atoms. The highest BCUT2D eigenvalue weighted by Crippen LogP contribution is 2.28. The first-order valence-electron chi connectivity index (χ1n) is 7.62. The van der Waals surface area contributed by atoms with Crippen LogP contribution in [0.1, 0.15) is 49.4 Å². The maximum atomic E-state index is 13.3. The van der Waals surface area contributed by atoms with Gasteiger partial charge in [-0.25, -0.2) is 4.39 Å². The van der Waals surface area contributed by atoms with Gasteiger partial charge in [0.15, 0.2) is 5.78 Å². The minimum atomic E-state index is -0.442. The van der Waals surface area contributed by atoms with Crippen LogP contribution >= 0.6 is 0 Å². The van der Waals surface area contributed by atoms with Crippen molar-refractivity contribution in [2.45, 2.75) is 45.1 Å². The van der Waals surface area contributed by atoms with Gasteiger partial charge in [0, 0.05) is 0 Å². The fourth-order valence-corrected chi connectivity index (χ4v) is 2.93. The van der Waals surface area contributed by atoms with Gasteiger partial charge in [-0.05, 0) is 37.0 Å². The summed E-state index contributed by atoms with van der Waals surface area (Å²) in [5, 5.41) is 0. The van der Waals surface area contributed by atoms with Gasteiger partial charge in [-0.3, -0.25) is 4.79 Å². The van der Waals surface area contributed by atoms with E-state index in [0.717, 1.165) is 25.7 Å². The summed E-state index contributed by atoms with van der Waals surface area (Å²) < 4.78 is 24.1. The first kappa shape index (κ1) is 16.0. The highest BCUT2D eigenvalue weighted by atomic mass is 19.1. The summed E-state index contributed by atoms with van der Waals surface area (Å²) >= 11 is 0. The molecule has 0 amide bonds. The van der Waals surface area contributed by atoms with Gasteiger partial charge in [0.2, 0.25) is 0 Å². The average molecular weight is 294 g/mol. The van der Waals surface area contributed by atoms with E-state index in [1.54, 1.807) is 0 Å². The van der Waals surface area contributed by atoms with E-state index in [1.807, 2.05) is 0 Å². The van der Waals surface area contributed by atoms with Crippen molar-refractivity contribution in [3.05, 3.63) is 29.6 Å². The number of Topliss-reactive ketones (excluding diaryl/α,β-unsaturated/α-hetero) is 1. The van der Waals surface area contributed by atoms with Gasteiger partial charge in [-0.1, -0.05) is 26.2 Å². The summed E-state index contributed by atoms with van der Waals surface area (Å²) in [6, 6.07) is 3.96. The minimum Gasteiger partial charge on any atom is -0.496 e. The number of hydrogen-bond donors (Lipinski definition) is 0. The lowest BCUT2D eigenvalue weighted by Crippen LogP contribution is -2.25. The van der Waals surface area contributed by atoms with Gasteiger partial charge in [0.25, 0.3) is 0 Å². The Balaban J connectivity index is 1.94. The lowest BCUT2D eigenvalue weighted by Gasteiger charge is -2.28. The monoisotopic (exact) mass is 294 g/mol. The second-order valence-corrected chi connectivity index (χ2v) is 5.64. The zero-order chi connectivity index (χ0) is 15.2. The van der Waals surface area contributed by atoms with Crippen molar-refractivity contribution in [2.24, 2.45) is 5.92 Å². The van der Waals surface area contributed by atoms with Gasteiger partial charge in [-0.15, -0.1) is 0 Å². The van der Waals surface area contributed by atoms with Crippen LogP contribution in [-0.2, 0) is 4.74 Å². The minimum absolute atomic E-state index is 0.0130. The van der Waals surface area contributed by atoms with Crippen LogP contribution in [0, 0.1) is 11.7 Å². The van der Waals surface area contributed by atoms with Crippen LogP contribution in [0.25, 0.3) is 0 Å². The summed E-state index contributed by atoms with van der Waals surface area (Å²) in [6.07, 6.45) is 5.73. The molecule has 2 atom stereocenters. The Hall–Kier alpha value is -1.42. The second kappa shape index (κ2) is 7.55. The summed E-state index contributed by atoms with van der Waals surface area (Å²) in [5.74, 6) is 0.412. The number of methoxy groups -OCH3 is 1. The number of carbonyl (C=O) groups excluding carboxylic acids is 1. The van der Waals surface area contributed by atoms with E-state index in [4.69, 9.17) is 9.47 Å². The van der Waals surface area contributed by atoms with Crippen LogP contribution in [0.3, 0.4) is 0 Å². The van der Waals surface area contributed by atoms with Gasteiger partial charge >= 0.3 is 0 Å². The van der Waals surface area contributed by atoms with E-state index >= 15 is 0 Å². The van der Waals surface area contributed by atoms with Crippen molar-refractivity contribution in [3.8, 4) is 5.75 Å². The number of benzene rings is 1. The quantitative estimate of drug-likeness (QED) is 0.744. The lowest BCUT2D eigenvalue weighted by molar-refractivity contribution is 0.0155. The standard InChI is InChI=1S/C17H23FO3/c1-3-12-5-4-6-14(9-12)21-11-16(19)15-10-13(18)7-8-17(15)20-2/h7-8,10,12,14H,3-6,9,11H2,1-2H3. The van der Waals surface area contributed by atoms with Gasteiger partial charge in [-0.2, -0.15) is 0 Å². The van der Waals surface area contributed by atoms with E-state index < -0.39 is 5.82 Å². The van der Waals surface area contributed by atoms with Crippen LogP contribution in [0.2, 0.25) is 0 Å². The van der Waals surface area contributed by atoms with Crippen molar-refractivity contribution in [1.82, 2.24) is 0 Å². The van der Waals surface area contributed by atoms with E-state index in [9.17, 15) is 9.18 Å². The Morgan fingerprint density at radius 2 is 2.19 bits per heavy atom. The molecule has 0 radical (unpaired) electrons. The Bertz CT molecular complexity index is 487. The molecule has 3 nitrogen and oxygen atoms in total. The Morgan fingerprint density at radius 1 is 1.38 bits per heavy atom. The van der Waals surface area contributed by atoms with Crippen LogP contribution in [-0.4, -0.2) is 25.6 Å². The Labute approximate surface area is 125 Å². The molecule has 1 aromatic rings. The zero-order valence-corrected chi connectivity index (χ0v) is 12.7. The summed E-state index contributed by atoms with van der Waals surface area (Å²) in [7, 11) is 1.47. The number of ketones is 1. The number of carbonyl (C=O) groups is 1. The molecule has 116 valence electrons. The summed E-state index contributed by atoms with van der Waals surface area (Å²) in [4.78, 5) is 12.2. The molecule has 1 aromatic carbocycles. The molecule has 4 heteroatoms. The normalized spacial score (nSPS) is 22.0. The van der Waals surface area contributed by atoms with Crippen molar-refractivity contribution in [2.75, 3.05) is 13.7 Å². The molecule has 0 aliphatic heterocycles. The molecule has 1 aliphatic carbocycles. The number of rotatable bonds is 6. The van der Waals surface area contributed by atoms with E-state index in [-0.39, 0.29) is 24.1 Å². The van der Waals surface area contributed by atoms with E-state index in [2.05, 4.69) is 6.92 Å². The molecular formula is C17H23FO3. The Morgan fingerprint density at radius 3 is 2.90 bits per heavy atom. The van der Waals surface area contributed by atoms with Crippen LogP contribution in [0.5, 0.6) is 5.75 Å². The molecule has 0 aromatic heterocycles. The molecule has 2 rings (SSSR count). The van der Waals surface area contributed by atoms with Crippen molar-refractivity contribution >= 4 is 5.78 Å². The third-order valence-electron chi connectivity index (χ3n) is 4.22. The molecule has 1 aliphatic rings. The molecule has 1 saturated carbocycles. The number of halogens is 1. The fraction of sp³-hybridized carbons (Fsp3) is 0.588. The first-order chi connectivity index (χ1) is 10.1. The SMILES string of the molecule is CCC1CCCC(OCC(=O)c2cc(F)ccc2OC)C1. The highest BCUT2D eigenvalue weighted by Gasteiger charge is 2.23. The molecular weight excluding hydrogens is 271 g/mol. The largest absolute Gasteiger partial charge is 0.496 e. The van der Waals surface area contributed by atoms with E-state index in [1.165, 1.54) is 31.7 Å². The van der Waals surface area contributed by atoms with E-state index in [0.29, 0.717) is 11.7 Å². The van der Waals surface area contributed by atoms with Crippen molar-refractivity contribution in [1.29, 1.82) is 0 Å². The molecule has 2 unspecified atom stereocenters.